The molecule has 1 aliphatic carbocycles. The van der Waals surface area contributed by atoms with Crippen molar-refractivity contribution in [3.63, 3.8) is 0 Å². The average molecular weight is 220 g/mol. The SMILES string of the molecule is CC(C)c1c(OC2C=CC2)cnn(C)c1=O. The van der Waals surface area contributed by atoms with E-state index >= 15 is 0 Å². The second kappa shape index (κ2) is 4.12. The molecule has 0 amide bonds. The van der Waals surface area contributed by atoms with Crippen LogP contribution < -0.4 is 10.3 Å². The van der Waals surface area contributed by atoms with Crippen molar-refractivity contribution in [3.05, 3.63) is 34.3 Å². The van der Waals surface area contributed by atoms with Gasteiger partial charge in [0.15, 0.2) is 0 Å². The van der Waals surface area contributed by atoms with E-state index in [2.05, 4.69) is 5.10 Å². The molecule has 0 N–H and O–H groups in total. The Morgan fingerprint density at radius 1 is 1.56 bits per heavy atom. The molecule has 1 unspecified atom stereocenters. The summed E-state index contributed by atoms with van der Waals surface area (Å²) in [6.45, 7) is 3.97. The van der Waals surface area contributed by atoms with E-state index in [4.69, 9.17) is 4.74 Å². The van der Waals surface area contributed by atoms with E-state index in [1.807, 2.05) is 26.0 Å². The Balaban J connectivity index is 2.39. The number of hydrogen-bond acceptors (Lipinski definition) is 3. The van der Waals surface area contributed by atoms with E-state index < -0.39 is 0 Å². The molecule has 0 aliphatic heterocycles. The number of hydrogen-bond donors (Lipinski definition) is 0. The second-order valence-corrected chi connectivity index (χ2v) is 4.33. The van der Waals surface area contributed by atoms with Crippen LogP contribution in [0.25, 0.3) is 0 Å². The van der Waals surface area contributed by atoms with E-state index in [0.717, 1.165) is 6.42 Å². The highest BCUT2D eigenvalue weighted by atomic mass is 16.5. The Morgan fingerprint density at radius 2 is 2.25 bits per heavy atom. The number of aromatic nitrogens is 2. The van der Waals surface area contributed by atoms with Crippen LogP contribution in [0, 0.1) is 0 Å². The number of rotatable bonds is 3. The third kappa shape index (κ3) is 1.87. The van der Waals surface area contributed by atoms with Crippen LogP contribution in [0.5, 0.6) is 5.75 Å². The Kier molecular flexibility index (Phi) is 2.81. The van der Waals surface area contributed by atoms with Gasteiger partial charge in [0.2, 0.25) is 0 Å². The maximum absolute atomic E-state index is 11.9. The predicted octanol–water partition coefficient (Wildman–Crippen LogP) is 1.61. The number of ether oxygens (including phenoxy) is 1. The molecule has 0 radical (unpaired) electrons. The van der Waals surface area contributed by atoms with Gasteiger partial charge in [0.25, 0.3) is 5.56 Å². The number of aryl methyl sites for hydroxylation is 1. The molecule has 0 aromatic carbocycles. The van der Waals surface area contributed by atoms with Gasteiger partial charge < -0.3 is 4.74 Å². The first-order valence-electron chi connectivity index (χ1n) is 5.49. The maximum Gasteiger partial charge on any atom is 0.273 e. The van der Waals surface area contributed by atoms with Crippen molar-refractivity contribution in [1.82, 2.24) is 9.78 Å². The van der Waals surface area contributed by atoms with Gasteiger partial charge >= 0.3 is 0 Å². The highest BCUT2D eigenvalue weighted by Gasteiger charge is 2.19. The molecule has 4 nitrogen and oxygen atoms in total. The van der Waals surface area contributed by atoms with Crippen LogP contribution in [0.4, 0.5) is 0 Å². The normalized spacial score (nSPS) is 18.6. The van der Waals surface area contributed by atoms with E-state index in [0.29, 0.717) is 11.3 Å². The molecule has 0 fully saturated rings. The molecule has 16 heavy (non-hydrogen) atoms. The Bertz CT molecular complexity index is 474. The highest BCUT2D eigenvalue weighted by Crippen LogP contribution is 2.25. The van der Waals surface area contributed by atoms with Crippen molar-refractivity contribution in [1.29, 1.82) is 0 Å². The minimum Gasteiger partial charge on any atom is -0.484 e. The summed E-state index contributed by atoms with van der Waals surface area (Å²) in [5, 5.41) is 3.99. The number of nitrogens with zero attached hydrogens (tertiary/aromatic N) is 2. The van der Waals surface area contributed by atoms with Crippen LogP contribution >= 0.6 is 0 Å². The summed E-state index contributed by atoms with van der Waals surface area (Å²) < 4.78 is 7.06. The van der Waals surface area contributed by atoms with Crippen molar-refractivity contribution in [2.45, 2.75) is 32.3 Å². The minimum atomic E-state index is -0.0733. The van der Waals surface area contributed by atoms with E-state index in [-0.39, 0.29) is 17.6 Å². The van der Waals surface area contributed by atoms with Gasteiger partial charge in [0.1, 0.15) is 11.9 Å². The first-order chi connectivity index (χ1) is 7.59. The lowest BCUT2D eigenvalue weighted by molar-refractivity contribution is 0.230. The van der Waals surface area contributed by atoms with Gasteiger partial charge in [-0.05, 0) is 12.0 Å². The first kappa shape index (κ1) is 10.9. The van der Waals surface area contributed by atoms with Crippen molar-refractivity contribution in [3.8, 4) is 5.75 Å². The summed E-state index contributed by atoms with van der Waals surface area (Å²) >= 11 is 0. The summed E-state index contributed by atoms with van der Waals surface area (Å²) in [7, 11) is 1.65. The summed E-state index contributed by atoms with van der Waals surface area (Å²) in [6.07, 6.45) is 6.68. The van der Waals surface area contributed by atoms with Gasteiger partial charge in [-0.1, -0.05) is 19.9 Å². The fourth-order valence-corrected chi connectivity index (χ4v) is 1.66. The molecule has 0 spiro atoms. The van der Waals surface area contributed by atoms with Gasteiger partial charge in [-0.2, -0.15) is 5.10 Å². The molecule has 2 rings (SSSR count). The molecule has 0 bridgehead atoms. The third-order valence-corrected chi connectivity index (χ3v) is 2.71. The Morgan fingerprint density at radius 3 is 2.75 bits per heavy atom. The minimum absolute atomic E-state index is 0.0733. The Hall–Kier alpha value is -1.58. The quantitative estimate of drug-likeness (QED) is 0.727. The van der Waals surface area contributed by atoms with Gasteiger partial charge in [-0.3, -0.25) is 4.79 Å². The van der Waals surface area contributed by atoms with Gasteiger partial charge in [-0.25, -0.2) is 4.68 Å². The topological polar surface area (TPSA) is 44.1 Å². The van der Waals surface area contributed by atoms with Crippen LogP contribution in [0.1, 0.15) is 31.7 Å². The fourth-order valence-electron chi connectivity index (χ4n) is 1.66. The average Bonchev–Trinajstić information content (AvgIpc) is 2.16. The molecule has 0 saturated heterocycles. The fraction of sp³-hybridized carbons (Fsp3) is 0.500. The van der Waals surface area contributed by atoms with Crippen LogP contribution in [0.15, 0.2) is 23.1 Å². The van der Waals surface area contributed by atoms with Crippen LogP contribution in [0.3, 0.4) is 0 Å². The summed E-state index contributed by atoms with van der Waals surface area (Å²) in [6, 6.07) is 0. The lowest BCUT2D eigenvalue weighted by Gasteiger charge is -2.22. The summed E-state index contributed by atoms with van der Waals surface area (Å²) in [5.74, 6) is 0.758. The molecule has 4 heteroatoms. The lowest BCUT2D eigenvalue weighted by atomic mass is 10.0. The monoisotopic (exact) mass is 220 g/mol. The first-order valence-corrected chi connectivity index (χ1v) is 5.49. The van der Waals surface area contributed by atoms with E-state index in [9.17, 15) is 4.79 Å². The van der Waals surface area contributed by atoms with Crippen molar-refractivity contribution in [2.24, 2.45) is 7.05 Å². The van der Waals surface area contributed by atoms with E-state index in [1.165, 1.54) is 4.68 Å². The largest absolute Gasteiger partial charge is 0.484 e. The lowest BCUT2D eigenvalue weighted by Crippen LogP contribution is -2.27. The molecule has 0 saturated carbocycles. The second-order valence-electron chi connectivity index (χ2n) is 4.33. The van der Waals surface area contributed by atoms with Crippen LogP contribution in [-0.4, -0.2) is 15.9 Å². The molecule has 1 aliphatic rings. The van der Waals surface area contributed by atoms with Gasteiger partial charge in [0, 0.05) is 13.5 Å². The highest BCUT2D eigenvalue weighted by molar-refractivity contribution is 5.32. The summed E-state index contributed by atoms with van der Waals surface area (Å²) in [5.41, 5.74) is 0.633. The molecular weight excluding hydrogens is 204 g/mol. The maximum atomic E-state index is 11.9. The zero-order valence-electron chi connectivity index (χ0n) is 9.80. The molecule has 1 aromatic rings. The van der Waals surface area contributed by atoms with Crippen LogP contribution in [-0.2, 0) is 7.05 Å². The standard InChI is InChI=1S/C12H16N2O2/c1-8(2)11-10(16-9-5-4-6-9)7-13-14(3)12(11)15/h4-5,7-9H,6H2,1-3H3. The van der Waals surface area contributed by atoms with Gasteiger partial charge in [0.05, 0.1) is 11.8 Å². The molecule has 86 valence electrons. The predicted molar refractivity (Wildman–Crippen MR) is 61.7 cm³/mol. The van der Waals surface area contributed by atoms with Crippen LogP contribution in [0.2, 0.25) is 0 Å². The zero-order chi connectivity index (χ0) is 11.7. The van der Waals surface area contributed by atoms with Crippen molar-refractivity contribution < 1.29 is 4.74 Å². The molecule has 1 heterocycles. The van der Waals surface area contributed by atoms with Crippen molar-refractivity contribution in [2.75, 3.05) is 0 Å². The summed E-state index contributed by atoms with van der Waals surface area (Å²) in [4.78, 5) is 11.9. The van der Waals surface area contributed by atoms with Gasteiger partial charge in [-0.15, -0.1) is 0 Å². The third-order valence-electron chi connectivity index (χ3n) is 2.71. The van der Waals surface area contributed by atoms with E-state index in [1.54, 1.807) is 13.2 Å². The smallest absolute Gasteiger partial charge is 0.273 e. The molecule has 1 atom stereocenters. The van der Waals surface area contributed by atoms with Crippen molar-refractivity contribution >= 4 is 0 Å². The molecule has 1 aromatic heterocycles. The Labute approximate surface area is 94.5 Å². The zero-order valence-corrected chi connectivity index (χ0v) is 9.80. The molecular formula is C12H16N2O2.